The van der Waals surface area contributed by atoms with Crippen LogP contribution in [0.4, 0.5) is 5.69 Å². The SMILES string of the molecule is Cn1nnnc1SCCCOc1ccccc1N. The molecule has 0 saturated carbocycles. The number of tetrazole rings is 1. The number of rotatable bonds is 6. The highest BCUT2D eigenvalue weighted by molar-refractivity contribution is 7.99. The number of aryl methyl sites for hydroxylation is 1. The van der Waals surface area contributed by atoms with E-state index in [1.54, 1.807) is 16.4 Å². The van der Waals surface area contributed by atoms with Crippen LogP contribution in [-0.2, 0) is 7.05 Å². The molecule has 18 heavy (non-hydrogen) atoms. The van der Waals surface area contributed by atoms with Crippen molar-refractivity contribution in [3.05, 3.63) is 24.3 Å². The molecule has 2 aromatic rings. The van der Waals surface area contributed by atoms with Gasteiger partial charge in [-0.25, -0.2) is 4.68 Å². The number of hydrogen-bond donors (Lipinski definition) is 1. The quantitative estimate of drug-likeness (QED) is 0.482. The van der Waals surface area contributed by atoms with Crippen molar-refractivity contribution in [1.82, 2.24) is 20.2 Å². The number of ether oxygens (including phenoxy) is 1. The second-order valence-electron chi connectivity index (χ2n) is 3.67. The van der Waals surface area contributed by atoms with Crippen LogP contribution < -0.4 is 10.5 Å². The summed E-state index contributed by atoms with van der Waals surface area (Å²) >= 11 is 1.61. The molecule has 0 atom stereocenters. The average molecular weight is 265 g/mol. The highest BCUT2D eigenvalue weighted by Crippen LogP contribution is 2.20. The van der Waals surface area contributed by atoms with Gasteiger partial charge in [-0.15, -0.1) is 5.10 Å². The second-order valence-corrected chi connectivity index (χ2v) is 4.74. The first-order chi connectivity index (χ1) is 8.77. The molecular formula is C11H15N5OS. The largest absolute Gasteiger partial charge is 0.491 e. The monoisotopic (exact) mass is 265 g/mol. The zero-order valence-corrected chi connectivity index (χ0v) is 10.9. The van der Waals surface area contributed by atoms with Crippen molar-refractivity contribution in [3.8, 4) is 5.75 Å². The molecule has 0 fully saturated rings. The van der Waals surface area contributed by atoms with Gasteiger partial charge in [-0.1, -0.05) is 23.9 Å². The van der Waals surface area contributed by atoms with Crippen LogP contribution in [0.3, 0.4) is 0 Å². The summed E-state index contributed by atoms with van der Waals surface area (Å²) in [6, 6.07) is 7.50. The molecule has 0 aliphatic heterocycles. The predicted molar refractivity (Wildman–Crippen MR) is 70.5 cm³/mol. The standard InChI is InChI=1S/C11H15N5OS/c1-16-11(13-14-15-16)18-8-4-7-17-10-6-3-2-5-9(10)12/h2-3,5-6H,4,7-8,12H2,1H3. The topological polar surface area (TPSA) is 78.8 Å². The third-order valence-corrected chi connectivity index (χ3v) is 3.37. The molecule has 2 rings (SSSR count). The van der Waals surface area contributed by atoms with Crippen molar-refractivity contribution in [3.63, 3.8) is 0 Å². The first kappa shape index (κ1) is 12.7. The van der Waals surface area contributed by atoms with Gasteiger partial charge in [-0.3, -0.25) is 0 Å². The summed E-state index contributed by atoms with van der Waals surface area (Å²) in [6.45, 7) is 0.631. The molecule has 0 bridgehead atoms. The van der Waals surface area contributed by atoms with Gasteiger partial charge in [0.25, 0.3) is 0 Å². The van der Waals surface area contributed by atoms with Crippen molar-refractivity contribution >= 4 is 17.4 Å². The molecule has 96 valence electrons. The van der Waals surface area contributed by atoms with Crippen LogP contribution in [0.15, 0.2) is 29.4 Å². The maximum atomic E-state index is 5.77. The summed E-state index contributed by atoms with van der Waals surface area (Å²) in [6.07, 6.45) is 0.909. The lowest BCUT2D eigenvalue weighted by Gasteiger charge is -2.07. The van der Waals surface area contributed by atoms with Crippen LogP contribution in [0.1, 0.15) is 6.42 Å². The molecule has 0 aliphatic rings. The third kappa shape index (κ3) is 3.36. The first-order valence-electron chi connectivity index (χ1n) is 5.60. The van der Waals surface area contributed by atoms with Gasteiger partial charge in [0.05, 0.1) is 12.3 Å². The Morgan fingerprint density at radius 1 is 1.39 bits per heavy atom. The number of aromatic nitrogens is 4. The van der Waals surface area contributed by atoms with Crippen molar-refractivity contribution in [2.45, 2.75) is 11.6 Å². The Morgan fingerprint density at radius 2 is 2.22 bits per heavy atom. The summed E-state index contributed by atoms with van der Waals surface area (Å²) in [7, 11) is 1.82. The number of hydrogen-bond acceptors (Lipinski definition) is 6. The maximum Gasteiger partial charge on any atom is 0.209 e. The number of para-hydroxylation sites is 2. The van der Waals surface area contributed by atoms with E-state index < -0.39 is 0 Å². The smallest absolute Gasteiger partial charge is 0.209 e. The summed E-state index contributed by atoms with van der Waals surface area (Å²) < 4.78 is 7.24. The van der Waals surface area contributed by atoms with Crippen LogP contribution in [-0.4, -0.2) is 32.6 Å². The molecule has 7 heteroatoms. The Kier molecular flexibility index (Phi) is 4.40. The van der Waals surface area contributed by atoms with Crippen LogP contribution >= 0.6 is 11.8 Å². The molecule has 2 N–H and O–H groups in total. The lowest BCUT2D eigenvalue weighted by atomic mass is 10.3. The number of nitrogens with zero attached hydrogens (tertiary/aromatic N) is 4. The maximum absolute atomic E-state index is 5.77. The molecule has 0 amide bonds. The van der Waals surface area contributed by atoms with E-state index in [-0.39, 0.29) is 0 Å². The lowest BCUT2D eigenvalue weighted by Crippen LogP contribution is -2.02. The fraction of sp³-hybridized carbons (Fsp3) is 0.364. The van der Waals surface area contributed by atoms with E-state index in [4.69, 9.17) is 10.5 Å². The van der Waals surface area contributed by atoms with Gasteiger partial charge in [0.2, 0.25) is 5.16 Å². The van der Waals surface area contributed by atoms with E-state index in [0.717, 1.165) is 23.1 Å². The summed E-state index contributed by atoms with van der Waals surface area (Å²) in [5.41, 5.74) is 6.44. The Morgan fingerprint density at radius 3 is 2.94 bits per heavy atom. The Labute approximate surface area is 110 Å². The minimum atomic E-state index is 0.631. The number of benzene rings is 1. The van der Waals surface area contributed by atoms with E-state index >= 15 is 0 Å². The number of anilines is 1. The third-order valence-electron chi connectivity index (χ3n) is 2.28. The molecule has 0 saturated heterocycles. The van der Waals surface area contributed by atoms with Gasteiger partial charge in [0.1, 0.15) is 5.75 Å². The van der Waals surface area contributed by atoms with Crippen LogP contribution in [0.2, 0.25) is 0 Å². The predicted octanol–water partition coefficient (Wildman–Crippen LogP) is 1.35. The van der Waals surface area contributed by atoms with Crippen molar-refractivity contribution in [2.24, 2.45) is 7.05 Å². The number of nitrogen functional groups attached to an aromatic ring is 1. The Bertz CT molecular complexity index is 502. The molecule has 0 unspecified atom stereocenters. The van der Waals surface area contributed by atoms with Gasteiger partial charge in [-0.2, -0.15) is 0 Å². The van der Waals surface area contributed by atoms with Crippen LogP contribution in [0, 0.1) is 0 Å². The first-order valence-corrected chi connectivity index (χ1v) is 6.58. The Balaban J connectivity index is 1.68. The van der Waals surface area contributed by atoms with Crippen molar-refractivity contribution < 1.29 is 4.74 Å². The average Bonchev–Trinajstić information content (AvgIpc) is 2.77. The minimum Gasteiger partial charge on any atom is -0.491 e. The van der Waals surface area contributed by atoms with E-state index in [1.807, 2.05) is 31.3 Å². The van der Waals surface area contributed by atoms with Gasteiger partial charge in [0, 0.05) is 12.8 Å². The van der Waals surface area contributed by atoms with E-state index in [1.165, 1.54) is 0 Å². The van der Waals surface area contributed by atoms with E-state index in [2.05, 4.69) is 15.5 Å². The van der Waals surface area contributed by atoms with Crippen molar-refractivity contribution in [1.29, 1.82) is 0 Å². The summed E-state index contributed by atoms with van der Waals surface area (Å²) in [4.78, 5) is 0. The number of nitrogens with two attached hydrogens (primary N) is 1. The summed E-state index contributed by atoms with van der Waals surface area (Å²) in [5.74, 6) is 1.64. The number of thioether (sulfide) groups is 1. The van der Waals surface area contributed by atoms with Crippen LogP contribution in [0.25, 0.3) is 0 Å². The highest BCUT2D eigenvalue weighted by Gasteiger charge is 2.02. The zero-order chi connectivity index (χ0) is 12.8. The fourth-order valence-electron chi connectivity index (χ4n) is 1.36. The molecule has 0 radical (unpaired) electrons. The zero-order valence-electron chi connectivity index (χ0n) is 10.1. The van der Waals surface area contributed by atoms with E-state index in [9.17, 15) is 0 Å². The Hall–Kier alpha value is -1.76. The molecule has 1 aromatic heterocycles. The fourth-order valence-corrected chi connectivity index (χ4v) is 2.12. The molecule has 1 aromatic carbocycles. The van der Waals surface area contributed by atoms with Gasteiger partial charge in [0.15, 0.2) is 0 Å². The van der Waals surface area contributed by atoms with E-state index in [0.29, 0.717) is 12.3 Å². The molecular weight excluding hydrogens is 250 g/mol. The molecule has 6 nitrogen and oxygen atoms in total. The lowest BCUT2D eigenvalue weighted by molar-refractivity contribution is 0.320. The summed E-state index contributed by atoms with van der Waals surface area (Å²) in [5, 5.41) is 12.0. The van der Waals surface area contributed by atoms with Gasteiger partial charge >= 0.3 is 0 Å². The molecule has 0 spiro atoms. The molecule has 1 heterocycles. The second kappa shape index (κ2) is 6.25. The van der Waals surface area contributed by atoms with Gasteiger partial charge in [-0.05, 0) is 29.0 Å². The minimum absolute atomic E-state index is 0.631. The van der Waals surface area contributed by atoms with Crippen molar-refractivity contribution in [2.75, 3.05) is 18.1 Å². The van der Waals surface area contributed by atoms with Crippen LogP contribution in [0.5, 0.6) is 5.75 Å². The molecule has 0 aliphatic carbocycles. The van der Waals surface area contributed by atoms with Gasteiger partial charge < -0.3 is 10.5 Å². The highest BCUT2D eigenvalue weighted by atomic mass is 32.2. The normalized spacial score (nSPS) is 10.5.